The quantitative estimate of drug-likeness (QED) is 0.818. The molecule has 4 amide bonds. The molecule has 1 saturated heterocycles. The second kappa shape index (κ2) is 6.43. The number of urea groups is 1. The molecular weight excluding hydrogens is 330 g/mol. The van der Waals surface area contributed by atoms with Crippen molar-refractivity contribution in [3.8, 4) is 0 Å². The summed E-state index contributed by atoms with van der Waals surface area (Å²) in [6, 6.07) is 6.19. The molecule has 0 aromatic heterocycles. The minimum atomic E-state index is -1.16. The molecule has 2 rings (SSSR count). The van der Waals surface area contributed by atoms with E-state index in [9.17, 15) is 14.4 Å². The monoisotopic (exact) mass is 351 g/mol. The van der Waals surface area contributed by atoms with Crippen molar-refractivity contribution >= 4 is 29.4 Å². The lowest BCUT2D eigenvalue weighted by molar-refractivity contribution is -0.135. The zero-order chi connectivity index (χ0) is 18.1. The van der Waals surface area contributed by atoms with E-state index in [-0.39, 0.29) is 12.5 Å². The smallest absolute Gasteiger partial charge is 0.325 e. The van der Waals surface area contributed by atoms with Gasteiger partial charge in [-0.25, -0.2) is 4.79 Å². The SMILES string of the molecule is CC[C@@]1(c2ccc(Cl)cc2)NC(=O)N(CC(=O)NC(C)(C)C)C1=O. The van der Waals surface area contributed by atoms with Gasteiger partial charge in [0.2, 0.25) is 5.91 Å². The lowest BCUT2D eigenvalue weighted by atomic mass is 9.87. The molecule has 1 aromatic rings. The summed E-state index contributed by atoms with van der Waals surface area (Å²) in [5, 5.41) is 6.03. The zero-order valence-electron chi connectivity index (χ0n) is 14.3. The van der Waals surface area contributed by atoms with E-state index < -0.39 is 23.0 Å². The first kappa shape index (κ1) is 18.3. The maximum Gasteiger partial charge on any atom is 0.325 e. The van der Waals surface area contributed by atoms with Crippen LogP contribution in [0.15, 0.2) is 24.3 Å². The van der Waals surface area contributed by atoms with Gasteiger partial charge in [0.25, 0.3) is 5.91 Å². The van der Waals surface area contributed by atoms with Crippen molar-refractivity contribution in [1.82, 2.24) is 15.5 Å². The molecule has 0 unspecified atom stereocenters. The van der Waals surface area contributed by atoms with Crippen LogP contribution in [0, 0.1) is 0 Å². The number of halogens is 1. The van der Waals surface area contributed by atoms with Crippen molar-refractivity contribution in [2.45, 2.75) is 45.2 Å². The standard InChI is InChI=1S/C17H22ClN3O3/c1-5-17(11-6-8-12(18)9-7-11)14(23)21(15(24)20-17)10-13(22)19-16(2,3)4/h6-9H,5,10H2,1-4H3,(H,19,22)(H,20,24)/t17-/m0/s1. The molecule has 2 N–H and O–H groups in total. The van der Waals surface area contributed by atoms with Gasteiger partial charge in [0, 0.05) is 10.6 Å². The van der Waals surface area contributed by atoms with Gasteiger partial charge in [-0.05, 0) is 44.9 Å². The van der Waals surface area contributed by atoms with E-state index in [1.807, 2.05) is 27.7 Å². The minimum absolute atomic E-state index is 0.308. The van der Waals surface area contributed by atoms with E-state index in [0.717, 1.165) is 4.90 Å². The van der Waals surface area contributed by atoms with Crippen molar-refractivity contribution in [2.24, 2.45) is 0 Å². The highest BCUT2D eigenvalue weighted by molar-refractivity contribution is 6.30. The average Bonchev–Trinajstić information content (AvgIpc) is 2.71. The Balaban J connectivity index is 2.26. The van der Waals surface area contributed by atoms with Gasteiger partial charge in [0.15, 0.2) is 0 Å². The van der Waals surface area contributed by atoms with Crippen LogP contribution in [0.3, 0.4) is 0 Å². The first-order valence-electron chi connectivity index (χ1n) is 7.80. The van der Waals surface area contributed by atoms with Crippen LogP contribution in [0.5, 0.6) is 0 Å². The van der Waals surface area contributed by atoms with Crippen LogP contribution in [0.4, 0.5) is 4.79 Å². The molecule has 1 atom stereocenters. The highest BCUT2D eigenvalue weighted by atomic mass is 35.5. The van der Waals surface area contributed by atoms with Crippen LogP contribution in [0.25, 0.3) is 0 Å². The summed E-state index contributed by atoms with van der Waals surface area (Å²) in [7, 11) is 0. The topological polar surface area (TPSA) is 78.5 Å². The average molecular weight is 352 g/mol. The summed E-state index contributed by atoms with van der Waals surface area (Å²) in [6.07, 6.45) is 0.372. The molecule has 130 valence electrons. The predicted molar refractivity (Wildman–Crippen MR) is 91.6 cm³/mol. The summed E-state index contributed by atoms with van der Waals surface area (Å²) < 4.78 is 0. The number of imide groups is 1. The maximum absolute atomic E-state index is 12.9. The Morgan fingerprint density at radius 3 is 2.33 bits per heavy atom. The van der Waals surface area contributed by atoms with Crippen molar-refractivity contribution < 1.29 is 14.4 Å². The van der Waals surface area contributed by atoms with Crippen molar-refractivity contribution in [1.29, 1.82) is 0 Å². The van der Waals surface area contributed by atoms with E-state index >= 15 is 0 Å². The first-order chi connectivity index (χ1) is 11.1. The molecule has 1 aliphatic heterocycles. The third-order valence-corrected chi connectivity index (χ3v) is 4.11. The largest absolute Gasteiger partial charge is 0.350 e. The Kier molecular flexibility index (Phi) is 4.90. The lowest BCUT2D eigenvalue weighted by Gasteiger charge is -2.26. The molecule has 7 heteroatoms. The molecule has 24 heavy (non-hydrogen) atoms. The second-order valence-electron chi connectivity index (χ2n) is 6.89. The molecule has 0 bridgehead atoms. The number of benzene rings is 1. The second-order valence-corrected chi connectivity index (χ2v) is 7.32. The Bertz CT molecular complexity index is 667. The van der Waals surface area contributed by atoms with E-state index in [4.69, 9.17) is 11.6 Å². The van der Waals surface area contributed by atoms with Crippen molar-refractivity contribution in [2.75, 3.05) is 6.54 Å². The van der Waals surface area contributed by atoms with Crippen LogP contribution in [0.1, 0.15) is 39.7 Å². The van der Waals surface area contributed by atoms with Gasteiger partial charge in [0.05, 0.1) is 0 Å². The number of nitrogens with zero attached hydrogens (tertiary/aromatic N) is 1. The van der Waals surface area contributed by atoms with E-state index in [1.165, 1.54) is 0 Å². The third-order valence-electron chi connectivity index (χ3n) is 3.86. The molecule has 0 aliphatic carbocycles. The van der Waals surface area contributed by atoms with Crippen LogP contribution >= 0.6 is 11.6 Å². The summed E-state index contributed by atoms with van der Waals surface area (Å²) in [5.74, 6) is -0.810. The summed E-state index contributed by atoms with van der Waals surface area (Å²) in [4.78, 5) is 38.2. The first-order valence-corrected chi connectivity index (χ1v) is 8.18. The van der Waals surface area contributed by atoms with Gasteiger partial charge >= 0.3 is 6.03 Å². The fourth-order valence-electron chi connectivity index (χ4n) is 2.74. The fourth-order valence-corrected chi connectivity index (χ4v) is 2.87. The van der Waals surface area contributed by atoms with Gasteiger partial charge < -0.3 is 10.6 Å². The van der Waals surface area contributed by atoms with E-state index in [2.05, 4.69) is 10.6 Å². The third kappa shape index (κ3) is 3.53. The molecule has 1 aromatic carbocycles. The molecule has 1 aliphatic rings. The van der Waals surface area contributed by atoms with Gasteiger partial charge in [-0.2, -0.15) is 0 Å². The summed E-state index contributed by atoms with van der Waals surface area (Å²) in [5.41, 5.74) is -0.954. The van der Waals surface area contributed by atoms with Gasteiger partial charge in [-0.1, -0.05) is 30.7 Å². The molecule has 0 spiro atoms. The molecule has 1 heterocycles. The number of hydrogen-bond donors (Lipinski definition) is 2. The molecule has 1 fully saturated rings. The molecule has 0 saturated carbocycles. The fraction of sp³-hybridized carbons (Fsp3) is 0.471. The minimum Gasteiger partial charge on any atom is -0.350 e. The van der Waals surface area contributed by atoms with Crippen LogP contribution in [-0.4, -0.2) is 34.8 Å². The Morgan fingerprint density at radius 2 is 1.83 bits per heavy atom. The maximum atomic E-state index is 12.9. The van der Waals surface area contributed by atoms with Gasteiger partial charge in [-0.3, -0.25) is 14.5 Å². The number of nitrogens with one attached hydrogen (secondary N) is 2. The molecule has 0 radical (unpaired) electrons. The van der Waals surface area contributed by atoms with E-state index in [1.54, 1.807) is 24.3 Å². The van der Waals surface area contributed by atoms with Crippen molar-refractivity contribution in [3.63, 3.8) is 0 Å². The number of rotatable bonds is 4. The molecule has 6 nitrogen and oxygen atoms in total. The predicted octanol–water partition coefficient (Wildman–Crippen LogP) is 2.41. The zero-order valence-corrected chi connectivity index (χ0v) is 15.0. The number of carbonyl (C=O) groups excluding carboxylic acids is 3. The van der Waals surface area contributed by atoms with Crippen LogP contribution in [-0.2, 0) is 15.1 Å². The normalized spacial score (nSPS) is 21.0. The lowest BCUT2D eigenvalue weighted by Crippen LogP contribution is -2.48. The number of amides is 4. The van der Waals surface area contributed by atoms with Crippen molar-refractivity contribution in [3.05, 3.63) is 34.9 Å². The highest BCUT2D eigenvalue weighted by Gasteiger charge is 2.51. The molecular formula is C17H22ClN3O3. The number of carbonyl (C=O) groups is 3. The van der Waals surface area contributed by atoms with Crippen LogP contribution < -0.4 is 10.6 Å². The summed E-state index contributed by atoms with van der Waals surface area (Å²) >= 11 is 5.90. The van der Waals surface area contributed by atoms with E-state index in [0.29, 0.717) is 17.0 Å². The number of hydrogen-bond acceptors (Lipinski definition) is 3. The Hall–Kier alpha value is -2.08. The highest BCUT2D eigenvalue weighted by Crippen LogP contribution is 2.32. The summed E-state index contributed by atoms with van der Waals surface area (Å²) in [6.45, 7) is 7.01. The van der Waals surface area contributed by atoms with Gasteiger partial charge in [0.1, 0.15) is 12.1 Å². The Morgan fingerprint density at radius 1 is 1.25 bits per heavy atom. The van der Waals surface area contributed by atoms with Crippen LogP contribution in [0.2, 0.25) is 5.02 Å². The Labute approximate surface area is 146 Å². The van der Waals surface area contributed by atoms with Gasteiger partial charge in [-0.15, -0.1) is 0 Å².